The lowest BCUT2D eigenvalue weighted by Crippen LogP contribution is -2.62. The van der Waals surface area contributed by atoms with E-state index in [0.29, 0.717) is 47.9 Å². The summed E-state index contributed by atoms with van der Waals surface area (Å²) in [6, 6.07) is 5.66. The number of aromatic nitrogens is 4. The second-order valence-electron chi connectivity index (χ2n) is 9.09. The third-order valence-corrected chi connectivity index (χ3v) is 6.80. The molecule has 40 heavy (non-hydrogen) atoms. The molecule has 1 aliphatic heterocycles. The van der Waals surface area contributed by atoms with Crippen molar-refractivity contribution in [3.63, 3.8) is 0 Å². The lowest BCUT2D eigenvalue weighted by Gasteiger charge is -2.41. The maximum absolute atomic E-state index is 11.7. The van der Waals surface area contributed by atoms with Crippen LogP contribution in [0, 0.1) is 22.7 Å². The molecule has 7 N–H and O–H groups in total. The van der Waals surface area contributed by atoms with Crippen molar-refractivity contribution in [2.24, 2.45) is 5.73 Å². The maximum Gasteiger partial charge on any atom is 0.404 e. The highest BCUT2D eigenvalue weighted by atomic mass is 35.5. The molecule has 3 atom stereocenters. The van der Waals surface area contributed by atoms with Crippen LogP contribution in [0.1, 0.15) is 31.5 Å². The number of carbonyl (C=O) groups is 2. The Bertz CT molecular complexity index is 1530. The van der Waals surface area contributed by atoms with Gasteiger partial charge in [0, 0.05) is 25.7 Å². The molecule has 3 aromatic rings. The highest BCUT2D eigenvalue weighted by Crippen LogP contribution is 2.37. The molecule has 3 heterocycles. The average Bonchev–Trinajstić information content (AvgIpc) is 3.34. The van der Waals surface area contributed by atoms with Gasteiger partial charge in [-0.05, 0) is 32.4 Å². The van der Waals surface area contributed by atoms with Crippen LogP contribution in [-0.2, 0) is 4.79 Å². The number of carbonyl (C=O) groups excluding carboxylic acids is 1. The fourth-order valence-corrected chi connectivity index (χ4v) is 4.76. The summed E-state index contributed by atoms with van der Waals surface area (Å²) in [6.45, 7) is 4.72. The van der Waals surface area contributed by atoms with Gasteiger partial charge in [0.15, 0.2) is 17.2 Å². The van der Waals surface area contributed by atoms with Crippen LogP contribution in [0.2, 0.25) is 5.02 Å². The van der Waals surface area contributed by atoms with Gasteiger partial charge in [-0.2, -0.15) is 20.0 Å². The van der Waals surface area contributed by atoms with Crippen LogP contribution in [0.4, 0.5) is 27.9 Å². The van der Waals surface area contributed by atoms with Crippen molar-refractivity contribution < 1.29 is 14.7 Å². The number of benzene rings is 1. The van der Waals surface area contributed by atoms with Gasteiger partial charge in [0.05, 0.1) is 46.3 Å². The van der Waals surface area contributed by atoms with Gasteiger partial charge in [0.1, 0.15) is 6.07 Å². The smallest absolute Gasteiger partial charge is 0.404 e. The van der Waals surface area contributed by atoms with Gasteiger partial charge in [-0.3, -0.25) is 10.1 Å². The number of amides is 2. The minimum atomic E-state index is -1.18. The van der Waals surface area contributed by atoms with E-state index in [0.717, 1.165) is 0 Å². The number of nitrogens with zero attached hydrogens (tertiary/aromatic N) is 7. The first-order valence-electron chi connectivity index (χ1n) is 12.3. The van der Waals surface area contributed by atoms with E-state index >= 15 is 0 Å². The van der Waals surface area contributed by atoms with Crippen molar-refractivity contribution in [1.29, 1.82) is 10.5 Å². The van der Waals surface area contributed by atoms with Gasteiger partial charge in [-0.15, -0.1) is 5.10 Å². The summed E-state index contributed by atoms with van der Waals surface area (Å²) < 4.78 is 1.35. The molecule has 15 nitrogen and oxygen atoms in total. The van der Waals surface area contributed by atoms with Gasteiger partial charge in [-0.25, -0.2) is 9.78 Å². The number of fused-ring (bicyclic) bond motifs is 1. The van der Waals surface area contributed by atoms with Crippen molar-refractivity contribution in [2.75, 3.05) is 35.2 Å². The Morgan fingerprint density at radius 3 is 2.73 bits per heavy atom. The molecule has 0 bridgehead atoms. The molecule has 0 unspecified atom stereocenters. The number of piperidine rings is 1. The molecule has 2 amide bonds. The number of nitrogens with one attached hydrogen (secondary N) is 4. The molecule has 208 valence electrons. The minimum Gasteiger partial charge on any atom is -0.465 e. The molecule has 1 aromatic carbocycles. The Morgan fingerprint density at radius 2 is 2.08 bits per heavy atom. The van der Waals surface area contributed by atoms with Crippen molar-refractivity contribution in [2.45, 2.75) is 38.4 Å². The fraction of sp³-hybridized carbons (Fsp3) is 0.375. The summed E-state index contributed by atoms with van der Waals surface area (Å²) in [5.74, 6) is -0.0617. The number of primary amides is 1. The molecule has 1 aliphatic rings. The van der Waals surface area contributed by atoms with E-state index in [1.807, 2.05) is 17.9 Å². The topological polar surface area (TPSA) is 222 Å². The van der Waals surface area contributed by atoms with E-state index in [-0.39, 0.29) is 23.2 Å². The maximum atomic E-state index is 11.7. The van der Waals surface area contributed by atoms with E-state index in [4.69, 9.17) is 17.3 Å². The van der Waals surface area contributed by atoms with Gasteiger partial charge >= 0.3 is 6.09 Å². The van der Waals surface area contributed by atoms with E-state index in [1.165, 1.54) is 10.7 Å². The molecule has 2 aromatic heterocycles. The van der Waals surface area contributed by atoms with Crippen LogP contribution < -0.4 is 31.9 Å². The van der Waals surface area contributed by atoms with Crippen LogP contribution in [0.5, 0.6) is 0 Å². The normalized spacial score (nSPS) is 17.5. The predicted molar refractivity (Wildman–Crippen MR) is 146 cm³/mol. The quantitative estimate of drug-likeness (QED) is 0.216. The zero-order valence-electron chi connectivity index (χ0n) is 21.6. The highest BCUT2D eigenvalue weighted by molar-refractivity contribution is 6.36. The second kappa shape index (κ2) is 11.9. The Kier molecular flexibility index (Phi) is 8.37. The number of carboxylic acid groups (broad SMARTS) is 1. The van der Waals surface area contributed by atoms with E-state index in [1.54, 1.807) is 19.1 Å². The van der Waals surface area contributed by atoms with E-state index in [9.17, 15) is 25.2 Å². The molecule has 1 saturated heterocycles. The molecule has 0 spiro atoms. The number of nitrogens with two attached hydrogens (primary N) is 1. The summed E-state index contributed by atoms with van der Waals surface area (Å²) in [7, 11) is 0. The molecular formula is C24H27ClN12O3. The summed E-state index contributed by atoms with van der Waals surface area (Å²) in [4.78, 5) is 33.6. The number of hydrogen-bond donors (Lipinski definition) is 6. The van der Waals surface area contributed by atoms with Gasteiger partial charge in [0.25, 0.3) is 0 Å². The molecule has 1 fully saturated rings. The zero-order chi connectivity index (χ0) is 29.0. The van der Waals surface area contributed by atoms with Gasteiger partial charge in [0.2, 0.25) is 11.9 Å². The van der Waals surface area contributed by atoms with Crippen LogP contribution in [0.3, 0.4) is 0 Å². The van der Waals surface area contributed by atoms with E-state index in [2.05, 4.69) is 42.4 Å². The third-order valence-electron chi connectivity index (χ3n) is 6.40. The molecule has 0 radical (unpaired) electrons. The van der Waals surface area contributed by atoms with Gasteiger partial charge < -0.3 is 31.7 Å². The third kappa shape index (κ3) is 5.90. The molecule has 0 aliphatic carbocycles. The van der Waals surface area contributed by atoms with Crippen molar-refractivity contribution in [3.8, 4) is 12.1 Å². The molecular weight excluding hydrogens is 540 g/mol. The summed E-state index contributed by atoms with van der Waals surface area (Å²) in [5.41, 5.74) is 7.17. The fourth-order valence-electron chi connectivity index (χ4n) is 4.49. The Labute approximate surface area is 233 Å². The van der Waals surface area contributed by atoms with E-state index < -0.39 is 30.1 Å². The van der Waals surface area contributed by atoms with Gasteiger partial charge in [-0.1, -0.05) is 11.6 Å². The first-order chi connectivity index (χ1) is 19.1. The first kappa shape index (κ1) is 28.2. The van der Waals surface area contributed by atoms with Crippen LogP contribution in [0.25, 0.3) is 5.65 Å². The lowest BCUT2D eigenvalue weighted by molar-refractivity contribution is -0.119. The SMILES string of the molecule is CCNc1nc(Nc2cc(C#N)cc(N3CC[C@@H](NC(=O)O)[C@@H](N[C@@H](C)C(N)=O)C3)c2Cl)nn2c(C#N)cnc12. The minimum absolute atomic E-state index is 0.111. The Hall–Kier alpha value is -4.86. The largest absolute Gasteiger partial charge is 0.465 e. The van der Waals surface area contributed by atoms with Crippen LogP contribution >= 0.6 is 11.6 Å². The summed E-state index contributed by atoms with van der Waals surface area (Å²) in [5, 5.41) is 44.9. The van der Waals surface area contributed by atoms with Crippen molar-refractivity contribution in [1.82, 2.24) is 30.2 Å². The van der Waals surface area contributed by atoms with Crippen LogP contribution in [0.15, 0.2) is 18.3 Å². The first-order valence-corrected chi connectivity index (χ1v) is 12.7. The summed E-state index contributed by atoms with van der Waals surface area (Å²) in [6.07, 6.45) is 0.608. The highest BCUT2D eigenvalue weighted by Gasteiger charge is 2.33. The standard InChI is InChI=1S/C24H27ClN12O3/c1-3-29-21-22-30-10-14(9-27)37(22)35-23(34-21)32-16-6-13(8-26)7-18(19(16)25)36-5-4-15(33-24(39)40)17(11-36)31-12(2)20(28)38/h6-7,10,12,15,17,31,33H,3-5,11H2,1-2H3,(H2,28,38)(H,39,40)(H2,29,32,34,35)/t12-,15+,17-/m0/s1. The Balaban J connectivity index is 1.69. The second-order valence-corrected chi connectivity index (χ2v) is 9.46. The van der Waals surface area contributed by atoms with Crippen molar-refractivity contribution >= 4 is 52.4 Å². The monoisotopic (exact) mass is 566 g/mol. The molecule has 16 heteroatoms. The van der Waals surface area contributed by atoms with Crippen molar-refractivity contribution in [3.05, 3.63) is 34.6 Å². The number of halogens is 1. The Morgan fingerprint density at radius 1 is 1.30 bits per heavy atom. The van der Waals surface area contributed by atoms with Crippen LogP contribution in [-0.4, -0.2) is 74.4 Å². The number of rotatable bonds is 9. The number of anilines is 4. The predicted octanol–water partition coefficient (Wildman–Crippen LogP) is 1.37. The molecule has 4 rings (SSSR count). The number of nitriles is 2. The lowest BCUT2D eigenvalue weighted by atomic mass is 9.97. The average molecular weight is 567 g/mol. The number of hydrogen-bond acceptors (Lipinski definition) is 11. The molecule has 0 saturated carbocycles. The zero-order valence-corrected chi connectivity index (χ0v) is 22.4. The summed E-state index contributed by atoms with van der Waals surface area (Å²) >= 11 is 6.84. The number of imidazole rings is 1.